The molecular weight excluding hydrogens is 376 g/mol. The van der Waals surface area contributed by atoms with Crippen LogP contribution >= 0.6 is 11.6 Å². The van der Waals surface area contributed by atoms with Gasteiger partial charge in [-0.1, -0.05) is 60.1 Å². The number of hydrogen-bond donors (Lipinski definition) is 2. The van der Waals surface area contributed by atoms with E-state index in [1.54, 1.807) is 37.3 Å². The van der Waals surface area contributed by atoms with Gasteiger partial charge in [0, 0.05) is 11.1 Å². The second kappa shape index (κ2) is 9.06. The summed E-state index contributed by atoms with van der Waals surface area (Å²) < 4.78 is 5.66. The Morgan fingerprint density at radius 1 is 0.964 bits per heavy atom. The summed E-state index contributed by atoms with van der Waals surface area (Å²) in [6.07, 6.45) is 2.07. The molecule has 0 aromatic heterocycles. The van der Waals surface area contributed by atoms with Crippen molar-refractivity contribution in [3.63, 3.8) is 0 Å². The minimum atomic E-state index is -0.783. The molecule has 0 saturated carbocycles. The first-order valence-corrected chi connectivity index (χ1v) is 9.08. The molecule has 6 heteroatoms. The molecule has 0 radical (unpaired) electrons. The molecule has 3 aromatic rings. The van der Waals surface area contributed by atoms with Crippen LogP contribution in [0.4, 0.5) is 0 Å². The molecule has 2 amide bonds. The van der Waals surface area contributed by atoms with Crippen molar-refractivity contribution in [1.82, 2.24) is 10.9 Å². The van der Waals surface area contributed by atoms with E-state index in [4.69, 9.17) is 16.3 Å². The Hall–Kier alpha value is -3.31. The maximum atomic E-state index is 12.1. The first-order chi connectivity index (χ1) is 13.5. The Labute approximate surface area is 167 Å². The van der Waals surface area contributed by atoms with Crippen LogP contribution in [0.3, 0.4) is 0 Å². The molecule has 0 aliphatic carbocycles. The lowest BCUT2D eigenvalue weighted by molar-refractivity contribution is -0.131. The van der Waals surface area contributed by atoms with Crippen molar-refractivity contribution in [2.45, 2.75) is 13.0 Å². The third-order valence-corrected chi connectivity index (χ3v) is 4.38. The normalized spacial score (nSPS) is 11.9. The largest absolute Gasteiger partial charge is 0.481 e. The molecule has 0 spiro atoms. The van der Waals surface area contributed by atoms with Gasteiger partial charge in [0.2, 0.25) is 0 Å². The molecule has 1 atom stereocenters. The zero-order valence-electron chi connectivity index (χ0n) is 15.2. The van der Waals surface area contributed by atoms with Gasteiger partial charge in [0.1, 0.15) is 5.75 Å². The van der Waals surface area contributed by atoms with Gasteiger partial charge in [-0.25, -0.2) is 0 Å². The third kappa shape index (κ3) is 5.11. The number of hydrazine groups is 1. The molecule has 0 fully saturated rings. The highest BCUT2D eigenvalue weighted by molar-refractivity contribution is 6.32. The quantitative estimate of drug-likeness (QED) is 0.505. The topological polar surface area (TPSA) is 67.4 Å². The predicted octanol–water partition coefficient (Wildman–Crippen LogP) is 4.12. The molecule has 0 bridgehead atoms. The Kier molecular flexibility index (Phi) is 6.29. The zero-order valence-corrected chi connectivity index (χ0v) is 15.9. The van der Waals surface area contributed by atoms with Crippen LogP contribution in [0.25, 0.3) is 16.8 Å². The molecule has 0 aliphatic rings. The van der Waals surface area contributed by atoms with E-state index in [0.717, 1.165) is 10.8 Å². The lowest BCUT2D eigenvalue weighted by Crippen LogP contribution is -2.46. The standard InChI is InChI=1S/C22H19ClN2O3/c1-15(28-19-12-10-16-6-2-3-8-18(16)14-19)22(27)25-24-21(26)13-11-17-7-4-5-9-20(17)23/h2-15H,1H3,(H,24,26)(H,25,27)/b13-11+/t15-/m0/s1. The molecule has 3 rings (SSSR count). The van der Waals surface area contributed by atoms with Gasteiger partial charge in [-0.05, 0) is 47.5 Å². The van der Waals surface area contributed by atoms with E-state index in [9.17, 15) is 9.59 Å². The molecule has 3 aromatic carbocycles. The van der Waals surface area contributed by atoms with Crippen LogP contribution in [0.1, 0.15) is 12.5 Å². The number of carbonyl (C=O) groups excluding carboxylic acids is 2. The Morgan fingerprint density at radius 2 is 1.68 bits per heavy atom. The summed E-state index contributed by atoms with van der Waals surface area (Å²) in [5.41, 5.74) is 5.37. The van der Waals surface area contributed by atoms with E-state index in [-0.39, 0.29) is 0 Å². The van der Waals surface area contributed by atoms with E-state index in [2.05, 4.69) is 10.9 Å². The van der Waals surface area contributed by atoms with Crippen LogP contribution in [0.5, 0.6) is 5.75 Å². The highest BCUT2D eigenvalue weighted by Gasteiger charge is 2.15. The van der Waals surface area contributed by atoms with E-state index in [1.165, 1.54) is 6.08 Å². The molecule has 28 heavy (non-hydrogen) atoms. The van der Waals surface area contributed by atoms with Crippen LogP contribution in [-0.4, -0.2) is 17.9 Å². The monoisotopic (exact) mass is 394 g/mol. The second-order valence-electron chi connectivity index (χ2n) is 6.10. The lowest BCUT2D eigenvalue weighted by atomic mass is 10.1. The molecule has 5 nitrogen and oxygen atoms in total. The number of hydrogen-bond acceptors (Lipinski definition) is 3. The maximum Gasteiger partial charge on any atom is 0.279 e. The summed E-state index contributed by atoms with van der Waals surface area (Å²) in [5.74, 6) is -0.370. The van der Waals surface area contributed by atoms with Crippen LogP contribution in [0, 0.1) is 0 Å². The van der Waals surface area contributed by atoms with E-state index in [1.807, 2.05) is 42.5 Å². The fourth-order valence-corrected chi connectivity index (χ4v) is 2.74. The Bertz CT molecular complexity index is 1030. The smallest absolute Gasteiger partial charge is 0.279 e. The summed E-state index contributed by atoms with van der Waals surface area (Å²) in [6.45, 7) is 1.61. The van der Waals surface area contributed by atoms with Crippen molar-refractivity contribution < 1.29 is 14.3 Å². The van der Waals surface area contributed by atoms with Crippen LogP contribution in [0.2, 0.25) is 5.02 Å². The lowest BCUT2D eigenvalue weighted by Gasteiger charge is -2.15. The van der Waals surface area contributed by atoms with Gasteiger partial charge >= 0.3 is 0 Å². The van der Waals surface area contributed by atoms with Crippen LogP contribution in [-0.2, 0) is 9.59 Å². The minimum Gasteiger partial charge on any atom is -0.481 e. The minimum absolute atomic E-state index is 0.465. The van der Waals surface area contributed by atoms with Crippen molar-refractivity contribution in [2.75, 3.05) is 0 Å². The van der Waals surface area contributed by atoms with Gasteiger partial charge in [-0.2, -0.15) is 0 Å². The number of nitrogens with one attached hydrogen (secondary N) is 2. The SMILES string of the molecule is C[C@H](Oc1ccc2ccccc2c1)C(=O)NNC(=O)/C=C/c1ccccc1Cl. The first-order valence-electron chi connectivity index (χ1n) is 8.71. The molecule has 142 valence electrons. The molecule has 0 saturated heterocycles. The number of benzene rings is 3. The van der Waals surface area contributed by atoms with Crippen molar-refractivity contribution in [3.05, 3.63) is 83.4 Å². The number of halogens is 1. The highest BCUT2D eigenvalue weighted by atomic mass is 35.5. The van der Waals surface area contributed by atoms with Gasteiger partial charge in [-0.3, -0.25) is 20.4 Å². The molecule has 0 aliphatic heterocycles. The van der Waals surface area contributed by atoms with E-state index in [0.29, 0.717) is 16.3 Å². The van der Waals surface area contributed by atoms with Gasteiger partial charge in [0.15, 0.2) is 6.10 Å². The Balaban J connectivity index is 1.52. The fraction of sp³-hybridized carbons (Fsp3) is 0.0909. The van der Waals surface area contributed by atoms with Crippen LogP contribution in [0.15, 0.2) is 72.8 Å². The number of rotatable bonds is 5. The van der Waals surface area contributed by atoms with Gasteiger partial charge < -0.3 is 4.74 Å². The average Bonchev–Trinajstić information content (AvgIpc) is 2.71. The number of ether oxygens (including phenoxy) is 1. The Morgan fingerprint density at radius 3 is 2.46 bits per heavy atom. The predicted molar refractivity (Wildman–Crippen MR) is 111 cm³/mol. The second-order valence-corrected chi connectivity index (χ2v) is 6.51. The van der Waals surface area contributed by atoms with Crippen molar-refractivity contribution in [2.24, 2.45) is 0 Å². The maximum absolute atomic E-state index is 12.1. The number of carbonyl (C=O) groups is 2. The van der Waals surface area contributed by atoms with Crippen molar-refractivity contribution in [1.29, 1.82) is 0 Å². The van der Waals surface area contributed by atoms with Crippen LogP contribution < -0.4 is 15.6 Å². The average molecular weight is 395 g/mol. The highest BCUT2D eigenvalue weighted by Crippen LogP contribution is 2.21. The van der Waals surface area contributed by atoms with Gasteiger partial charge in [-0.15, -0.1) is 0 Å². The van der Waals surface area contributed by atoms with Crippen molar-refractivity contribution in [3.8, 4) is 5.75 Å². The first kappa shape index (κ1) is 19.5. The van der Waals surface area contributed by atoms with Gasteiger partial charge in [0.25, 0.3) is 11.8 Å². The summed E-state index contributed by atoms with van der Waals surface area (Å²) in [7, 11) is 0. The summed E-state index contributed by atoms with van der Waals surface area (Å²) in [5, 5.41) is 2.64. The zero-order chi connectivity index (χ0) is 19.9. The number of fused-ring (bicyclic) bond motifs is 1. The van der Waals surface area contributed by atoms with Gasteiger partial charge in [0.05, 0.1) is 0 Å². The fourth-order valence-electron chi connectivity index (χ4n) is 2.54. The number of amides is 2. The summed E-state index contributed by atoms with van der Waals surface area (Å²) in [4.78, 5) is 24.0. The summed E-state index contributed by atoms with van der Waals surface area (Å²) >= 11 is 6.02. The van der Waals surface area contributed by atoms with E-state index < -0.39 is 17.9 Å². The molecule has 0 heterocycles. The third-order valence-electron chi connectivity index (χ3n) is 4.03. The molecular formula is C22H19ClN2O3. The molecule has 0 unspecified atom stereocenters. The molecule has 2 N–H and O–H groups in total. The van der Waals surface area contributed by atoms with E-state index >= 15 is 0 Å². The summed E-state index contributed by atoms with van der Waals surface area (Å²) in [6, 6.07) is 20.6. The van der Waals surface area contributed by atoms with Crippen molar-refractivity contribution >= 4 is 40.3 Å².